The lowest BCUT2D eigenvalue weighted by Crippen LogP contribution is -2.52. The molecule has 2 aromatic rings. The maximum absolute atomic E-state index is 12.7. The Morgan fingerprint density at radius 3 is 2.60 bits per heavy atom. The molecule has 4 rings (SSSR count). The summed E-state index contributed by atoms with van der Waals surface area (Å²) < 4.78 is 10.5. The average molecular weight is 435 g/mol. The Morgan fingerprint density at radius 2 is 1.90 bits per heavy atom. The Kier molecular flexibility index (Phi) is 6.30. The number of anilines is 2. The van der Waals surface area contributed by atoms with Gasteiger partial charge in [0.05, 0.1) is 37.3 Å². The van der Waals surface area contributed by atoms with Crippen LogP contribution < -0.4 is 10.6 Å². The molecule has 1 amide bonds. The van der Waals surface area contributed by atoms with Crippen LogP contribution in [-0.2, 0) is 14.3 Å². The fraction of sp³-hybridized carbons (Fsp3) is 0.579. The van der Waals surface area contributed by atoms with Gasteiger partial charge in [0.2, 0.25) is 11.9 Å². The zero-order valence-corrected chi connectivity index (χ0v) is 17.8. The summed E-state index contributed by atoms with van der Waals surface area (Å²) >= 11 is 1.35. The molecule has 0 aromatic carbocycles. The number of piperazine rings is 1. The number of carbonyl (C=O) groups excluding carboxylic acids is 2. The number of hydrogen-bond donors (Lipinski definition) is 1. The van der Waals surface area contributed by atoms with Crippen molar-refractivity contribution < 1.29 is 19.1 Å². The molecule has 2 aliphatic heterocycles. The molecule has 2 aromatic heterocycles. The number of nitrogen functional groups attached to an aromatic ring is 1. The molecule has 2 N–H and O–H groups in total. The molecule has 2 saturated heterocycles. The summed E-state index contributed by atoms with van der Waals surface area (Å²) in [6.45, 7) is 7.83. The average Bonchev–Trinajstić information content (AvgIpc) is 3.18. The molecular weight excluding hydrogens is 408 g/mol. The third-order valence-electron chi connectivity index (χ3n) is 5.32. The minimum absolute atomic E-state index is 0.131. The van der Waals surface area contributed by atoms with E-state index in [1.54, 1.807) is 12.3 Å². The van der Waals surface area contributed by atoms with Crippen LogP contribution in [0.25, 0.3) is 10.2 Å². The van der Waals surface area contributed by atoms with Crippen LogP contribution >= 0.6 is 11.3 Å². The Hall–Kier alpha value is -2.50. The topological polar surface area (TPSA) is 114 Å². The van der Waals surface area contributed by atoms with Crippen LogP contribution in [0.2, 0.25) is 0 Å². The summed E-state index contributed by atoms with van der Waals surface area (Å²) in [6.07, 6.45) is 0. The van der Waals surface area contributed by atoms with Crippen molar-refractivity contribution in [2.24, 2.45) is 0 Å². The Labute approximate surface area is 178 Å². The minimum atomic E-state index is -0.391. The van der Waals surface area contributed by atoms with E-state index in [9.17, 15) is 9.59 Å². The molecule has 0 aliphatic carbocycles. The molecule has 11 heteroatoms. The third kappa shape index (κ3) is 4.32. The van der Waals surface area contributed by atoms with Gasteiger partial charge in [-0.15, -0.1) is 11.3 Å². The van der Waals surface area contributed by atoms with Gasteiger partial charge in [-0.25, -0.2) is 9.78 Å². The summed E-state index contributed by atoms with van der Waals surface area (Å²) in [4.78, 5) is 40.5. The van der Waals surface area contributed by atoms with Gasteiger partial charge in [-0.05, 0) is 6.92 Å². The predicted octanol–water partition coefficient (Wildman–Crippen LogP) is 0.431. The number of morpholine rings is 1. The molecule has 2 aliphatic rings. The largest absolute Gasteiger partial charge is 0.462 e. The first-order valence-corrected chi connectivity index (χ1v) is 11.0. The normalized spacial score (nSPS) is 18.0. The summed E-state index contributed by atoms with van der Waals surface area (Å²) in [5, 5.41) is 2.41. The van der Waals surface area contributed by atoms with E-state index in [1.807, 2.05) is 4.90 Å². The van der Waals surface area contributed by atoms with Gasteiger partial charge < -0.3 is 25.0 Å². The Balaban J connectivity index is 1.48. The molecule has 0 radical (unpaired) electrons. The lowest BCUT2D eigenvalue weighted by atomic mass is 10.2. The van der Waals surface area contributed by atoms with E-state index < -0.39 is 5.97 Å². The van der Waals surface area contributed by atoms with E-state index in [2.05, 4.69) is 19.8 Å². The van der Waals surface area contributed by atoms with E-state index in [1.165, 1.54) is 11.3 Å². The number of thiophene rings is 1. The van der Waals surface area contributed by atoms with Crippen molar-refractivity contribution in [1.82, 2.24) is 19.8 Å². The molecule has 4 heterocycles. The van der Waals surface area contributed by atoms with Gasteiger partial charge >= 0.3 is 5.97 Å². The van der Waals surface area contributed by atoms with E-state index in [0.29, 0.717) is 74.1 Å². The molecule has 162 valence electrons. The second-order valence-corrected chi connectivity index (χ2v) is 8.07. The first-order chi connectivity index (χ1) is 14.6. The molecular formula is C19H26N6O4S. The van der Waals surface area contributed by atoms with Gasteiger partial charge in [0.1, 0.15) is 10.6 Å². The highest BCUT2D eigenvalue weighted by Gasteiger charge is 2.27. The predicted molar refractivity (Wildman–Crippen MR) is 114 cm³/mol. The fourth-order valence-corrected chi connectivity index (χ4v) is 4.65. The number of rotatable bonds is 5. The van der Waals surface area contributed by atoms with E-state index >= 15 is 0 Å². The number of nitrogens with zero attached hydrogens (tertiary/aromatic N) is 5. The Bertz CT molecular complexity index is 921. The van der Waals surface area contributed by atoms with Gasteiger partial charge in [-0.2, -0.15) is 4.98 Å². The zero-order valence-electron chi connectivity index (χ0n) is 17.0. The van der Waals surface area contributed by atoms with Crippen LogP contribution in [-0.4, -0.2) is 97.3 Å². The van der Waals surface area contributed by atoms with Crippen LogP contribution in [0.15, 0.2) is 5.38 Å². The highest BCUT2D eigenvalue weighted by atomic mass is 32.1. The number of esters is 1. The standard InChI is InChI=1S/C19H26N6O4S/c1-2-29-18(27)13-12-30-17-15(13)16(21-19(20)22-17)25-5-3-24(4-6-25)14(26)11-23-7-9-28-10-8-23/h12H,2-11H2,1H3,(H2,20,21,22). The van der Waals surface area contributed by atoms with Gasteiger partial charge in [0, 0.05) is 44.6 Å². The number of carbonyl (C=O) groups is 2. The fourth-order valence-electron chi connectivity index (χ4n) is 3.75. The second-order valence-electron chi connectivity index (χ2n) is 7.21. The highest BCUT2D eigenvalue weighted by Crippen LogP contribution is 2.33. The first-order valence-electron chi connectivity index (χ1n) is 10.1. The molecule has 2 fully saturated rings. The van der Waals surface area contributed by atoms with Crippen molar-refractivity contribution >= 4 is 45.2 Å². The molecule has 0 bridgehead atoms. The molecule has 10 nitrogen and oxygen atoms in total. The maximum Gasteiger partial charge on any atom is 0.339 e. The van der Waals surface area contributed by atoms with E-state index in [0.717, 1.165) is 13.1 Å². The number of aromatic nitrogens is 2. The number of fused-ring (bicyclic) bond motifs is 1. The number of hydrogen-bond acceptors (Lipinski definition) is 10. The van der Waals surface area contributed by atoms with Crippen molar-refractivity contribution in [2.75, 3.05) is 76.3 Å². The Morgan fingerprint density at radius 1 is 1.17 bits per heavy atom. The number of amides is 1. The van der Waals surface area contributed by atoms with Gasteiger partial charge in [-0.1, -0.05) is 0 Å². The van der Waals surface area contributed by atoms with Crippen molar-refractivity contribution in [2.45, 2.75) is 6.92 Å². The quantitative estimate of drug-likeness (QED) is 0.669. The summed E-state index contributed by atoms with van der Waals surface area (Å²) in [7, 11) is 0. The van der Waals surface area contributed by atoms with Crippen LogP contribution in [0.5, 0.6) is 0 Å². The summed E-state index contributed by atoms with van der Waals surface area (Å²) in [5.41, 5.74) is 6.37. The minimum Gasteiger partial charge on any atom is -0.462 e. The first kappa shape index (κ1) is 20.8. The lowest BCUT2D eigenvalue weighted by Gasteiger charge is -2.37. The van der Waals surface area contributed by atoms with Gasteiger partial charge in [0.25, 0.3) is 0 Å². The number of nitrogens with two attached hydrogens (primary N) is 1. The van der Waals surface area contributed by atoms with Crippen LogP contribution in [0, 0.1) is 0 Å². The summed E-state index contributed by atoms with van der Waals surface area (Å²) in [5.74, 6) is 0.534. The molecule has 0 spiro atoms. The summed E-state index contributed by atoms with van der Waals surface area (Å²) in [6, 6.07) is 0. The van der Waals surface area contributed by atoms with Crippen LogP contribution in [0.3, 0.4) is 0 Å². The van der Waals surface area contributed by atoms with Crippen molar-refractivity contribution in [1.29, 1.82) is 0 Å². The van der Waals surface area contributed by atoms with E-state index in [4.69, 9.17) is 15.2 Å². The van der Waals surface area contributed by atoms with Gasteiger partial charge in [-0.3, -0.25) is 9.69 Å². The van der Waals surface area contributed by atoms with Crippen LogP contribution in [0.1, 0.15) is 17.3 Å². The number of ether oxygens (including phenoxy) is 2. The van der Waals surface area contributed by atoms with Crippen LogP contribution in [0.4, 0.5) is 11.8 Å². The monoisotopic (exact) mass is 434 g/mol. The highest BCUT2D eigenvalue weighted by molar-refractivity contribution is 7.17. The lowest BCUT2D eigenvalue weighted by molar-refractivity contribution is -0.133. The van der Waals surface area contributed by atoms with Gasteiger partial charge in [0.15, 0.2) is 0 Å². The third-order valence-corrected chi connectivity index (χ3v) is 6.19. The molecule has 0 atom stereocenters. The molecule has 0 unspecified atom stereocenters. The van der Waals surface area contributed by atoms with Crippen molar-refractivity contribution in [3.8, 4) is 0 Å². The molecule has 0 saturated carbocycles. The smallest absolute Gasteiger partial charge is 0.339 e. The van der Waals surface area contributed by atoms with Crippen molar-refractivity contribution in [3.05, 3.63) is 10.9 Å². The van der Waals surface area contributed by atoms with E-state index in [-0.39, 0.29) is 11.9 Å². The SMILES string of the molecule is CCOC(=O)c1csc2nc(N)nc(N3CCN(C(=O)CN4CCOCC4)CC3)c12. The van der Waals surface area contributed by atoms with Crippen molar-refractivity contribution in [3.63, 3.8) is 0 Å². The maximum atomic E-state index is 12.7. The second kappa shape index (κ2) is 9.11. The zero-order chi connectivity index (χ0) is 21.1. The molecule has 30 heavy (non-hydrogen) atoms.